The number of alkyl halides is 6. The van der Waals surface area contributed by atoms with E-state index in [1.165, 1.54) is 0 Å². The fourth-order valence-electron chi connectivity index (χ4n) is 2.46. The third kappa shape index (κ3) is 8.30. The van der Waals surface area contributed by atoms with Crippen molar-refractivity contribution in [3.63, 3.8) is 0 Å². The highest BCUT2D eigenvalue weighted by molar-refractivity contribution is 7.85. The normalized spacial score (nSPS) is 13.0. The molecule has 0 radical (unpaired) electrons. The van der Waals surface area contributed by atoms with Gasteiger partial charge in [-0.05, 0) is 18.9 Å². The minimum Gasteiger partial charge on any atom is -0.465 e. The molecular formula is C18H20F6O7S. The minimum atomic E-state index is -6.40. The van der Waals surface area contributed by atoms with Gasteiger partial charge in [0.1, 0.15) is 5.75 Å². The number of carbonyl (C=O) groups excluding carboxylic acids is 2. The van der Waals surface area contributed by atoms with Crippen LogP contribution in [0.25, 0.3) is 0 Å². The zero-order chi connectivity index (χ0) is 24.8. The van der Waals surface area contributed by atoms with Gasteiger partial charge in [0, 0.05) is 19.3 Å². The van der Waals surface area contributed by atoms with Crippen LogP contribution in [0.5, 0.6) is 0 Å². The topological polar surface area (TPSA) is 107 Å². The summed E-state index contributed by atoms with van der Waals surface area (Å²) in [6, 6.07) is 7.29. The third-order valence-electron chi connectivity index (χ3n) is 4.13. The molecule has 0 aliphatic rings. The van der Waals surface area contributed by atoms with Crippen molar-refractivity contribution in [3.05, 3.63) is 35.4 Å². The van der Waals surface area contributed by atoms with Crippen LogP contribution in [0.1, 0.15) is 30.4 Å². The third-order valence-corrected chi connectivity index (χ3v) is 4.90. The molecule has 0 fully saturated rings. The van der Waals surface area contributed by atoms with E-state index in [1.807, 2.05) is 19.1 Å². The molecule has 182 valence electrons. The maximum Gasteiger partial charge on any atom is 0.438 e. The number of hydrogen-bond donors (Lipinski definition) is 1. The lowest BCUT2D eigenvalue weighted by molar-refractivity contribution is -0.361. The predicted octanol–water partition coefficient (Wildman–Crippen LogP) is 3.55. The Bertz CT molecular complexity index is 878. The number of rotatable bonds is 10. The van der Waals surface area contributed by atoms with Gasteiger partial charge in [0.05, 0.1) is 6.61 Å². The molecule has 0 saturated heterocycles. The zero-order valence-corrected chi connectivity index (χ0v) is 17.4. The number of esters is 2. The molecular weight excluding hydrogens is 474 g/mol. The summed E-state index contributed by atoms with van der Waals surface area (Å²) in [5, 5.41) is 0. The van der Waals surface area contributed by atoms with Crippen molar-refractivity contribution in [2.75, 3.05) is 12.4 Å². The van der Waals surface area contributed by atoms with Crippen LogP contribution < -0.4 is 0 Å². The predicted molar refractivity (Wildman–Crippen MR) is 97.0 cm³/mol. The molecule has 0 heterocycles. The average molecular weight is 494 g/mol. The number of carbonyl (C=O) groups is 2. The lowest BCUT2D eigenvalue weighted by Gasteiger charge is -2.35. The van der Waals surface area contributed by atoms with Crippen molar-refractivity contribution < 1.29 is 58.4 Å². The van der Waals surface area contributed by atoms with Crippen molar-refractivity contribution in [2.45, 2.75) is 50.6 Å². The molecule has 32 heavy (non-hydrogen) atoms. The van der Waals surface area contributed by atoms with Crippen molar-refractivity contribution in [2.24, 2.45) is 0 Å². The van der Waals surface area contributed by atoms with E-state index in [-0.39, 0.29) is 6.61 Å². The molecule has 1 aromatic rings. The van der Waals surface area contributed by atoms with Gasteiger partial charge < -0.3 is 9.47 Å². The van der Waals surface area contributed by atoms with Crippen molar-refractivity contribution in [3.8, 4) is 0 Å². The van der Waals surface area contributed by atoms with E-state index in [0.717, 1.165) is 11.1 Å². The minimum absolute atomic E-state index is 0.0358. The second kappa shape index (κ2) is 10.5. The molecule has 0 atom stereocenters. The van der Waals surface area contributed by atoms with Gasteiger partial charge in [-0.15, -0.1) is 0 Å². The summed E-state index contributed by atoms with van der Waals surface area (Å²) >= 11 is 0. The van der Waals surface area contributed by atoms with Gasteiger partial charge in [-0.2, -0.15) is 34.8 Å². The Morgan fingerprint density at radius 2 is 1.44 bits per heavy atom. The summed E-state index contributed by atoms with van der Waals surface area (Å²) in [6.07, 6.45) is -14.5. The molecule has 1 rings (SSSR count). The van der Waals surface area contributed by atoms with E-state index in [1.54, 1.807) is 12.1 Å². The number of ether oxygens (including phenoxy) is 2. The number of aryl methyl sites for hydroxylation is 1. The molecule has 0 amide bonds. The molecule has 0 unspecified atom stereocenters. The standard InChI is InChI=1S/C18H20F6O7S/c1-12-5-7-13(8-6-12)9-10-30-14(25)3-2-4-15(26)31-16(17(19,20)21,18(22,23)24)11-32(27,28)29/h5-8H,2-4,9-11H2,1H3,(H,27,28,29). The van der Waals surface area contributed by atoms with E-state index in [0.29, 0.717) is 6.42 Å². The van der Waals surface area contributed by atoms with Crippen LogP contribution in [0, 0.1) is 6.92 Å². The van der Waals surface area contributed by atoms with Crippen molar-refractivity contribution >= 4 is 22.1 Å². The summed E-state index contributed by atoms with van der Waals surface area (Å²) in [5.41, 5.74) is -3.57. The fourth-order valence-corrected chi connectivity index (χ4v) is 3.36. The van der Waals surface area contributed by atoms with E-state index >= 15 is 0 Å². The van der Waals surface area contributed by atoms with E-state index < -0.39 is 65.0 Å². The Balaban J connectivity index is 2.63. The first-order valence-electron chi connectivity index (χ1n) is 8.98. The highest BCUT2D eigenvalue weighted by Gasteiger charge is 2.75. The highest BCUT2D eigenvalue weighted by Crippen LogP contribution is 2.47. The first kappa shape index (κ1) is 27.7. The monoisotopic (exact) mass is 494 g/mol. The van der Waals surface area contributed by atoms with Gasteiger partial charge in [-0.3, -0.25) is 14.1 Å². The summed E-state index contributed by atoms with van der Waals surface area (Å²) in [7, 11) is -5.85. The van der Waals surface area contributed by atoms with Gasteiger partial charge >= 0.3 is 29.9 Å². The van der Waals surface area contributed by atoms with E-state index in [2.05, 4.69) is 4.74 Å². The van der Waals surface area contributed by atoms with Crippen LogP contribution in [0.3, 0.4) is 0 Å². The Morgan fingerprint density at radius 3 is 1.91 bits per heavy atom. The van der Waals surface area contributed by atoms with Crippen molar-refractivity contribution in [1.82, 2.24) is 0 Å². The number of hydrogen-bond acceptors (Lipinski definition) is 6. The number of halogens is 6. The Labute approximate surface area is 179 Å². The lowest BCUT2D eigenvalue weighted by atomic mass is 10.1. The Morgan fingerprint density at radius 1 is 0.938 bits per heavy atom. The van der Waals surface area contributed by atoms with Crippen LogP contribution in [0.2, 0.25) is 0 Å². The van der Waals surface area contributed by atoms with Gasteiger partial charge in [0.25, 0.3) is 10.1 Å². The SMILES string of the molecule is Cc1ccc(CCOC(=O)CCCC(=O)OC(CS(=O)(=O)O)(C(F)(F)F)C(F)(F)F)cc1. The molecule has 0 aliphatic carbocycles. The summed E-state index contributed by atoms with van der Waals surface area (Å²) in [5.74, 6) is -5.86. The summed E-state index contributed by atoms with van der Waals surface area (Å²) < 4.78 is 117. The van der Waals surface area contributed by atoms with Crippen LogP contribution >= 0.6 is 0 Å². The second-order valence-electron chi connectivity index (χ2n) is 6.83. The molecule has 1 aromatic carbocycles. The van der Waals surface area contributed by atoms with Crippen molar-refractivity contribution in [1.29, 1.82) is 0 Å². The van der Waals surface area contributed by atoms with Crippen LogP contribution in [-0.2, 0) is 35.6 Å². The quantitative estimate of drug-likeness (QED) is 0.301. The van der Waals surface area contributed by atoms with Crippen LogP contribution in [0.4, 0.5) is 26.3 Å². The largest absolute Gasteiger partial charge is 0.465 e. The van der Waals surface area contributed by atoms with Crippen LogP contribution in [-0.4, -0.2) is 55.2 Å². The second-order valence-corrected chi connectivity index (χ2v) is 8.28. The van der Waals surface area contributed by atoms with Gasteiger partial charge in [-0.25, -0.2) is 0 Å². The molecule has 1 N–H and O–H groups in total. The molecule has 0 bridgehead atoms. The van der Waals surface area contributed by atoms with Gasteiger partial charge in [0.2, 0.25) is 0 Å². The maximum atomic E-state index is 13.1. The summed E-state index contributed by atoms with van der Waals surface area (Å²) in [4.78, 5) is 23.2. The zero-order valence-electron chi connectivity index (χ0n) is 16.6. The molecule has 7 nitrogen and oxygen atoms in total. The molecule has 0 saturated carbocycles. The van der Waals surface area contributed by atoms with Crippen LogP contribution in [0.15, 0.2) is 24.3 Å². The molecule has 0 aromatic heterocycles. The fraction of sp³-hybridized carbons (Fsp3) is 0.556. The van der Waals surface area contributed by atoms with Gasteiger partial charge in [0.15, 0.2) is 0 Å². The Hall–Kier alpha value is -2.35. The Kier molecular flexibility index (Phi) is 9.09. The smallest absolute Gasteiger partial charge is 0.438 e. The lowest BCUT2D eigenvalue weighted by Crippen LogP contribution is -2.63. The van der Waals surface area contributed by atoms with Gasteiger partial charge in [-0.1, -0.05) is 29.8 Å². The van der Waals surface area contributed by atoms with E-state index in [4.69, 9.17) is 9.29 Å². The highest BCUT2D eigenvalue weighted by atomic mass is 32.2. The van der Waals surface area contributed by atoms with E-state index in [9.17, 15) is 44.3 Å². The molecule has 0 spiro atoms. The molecule has 0 aliphatic heterocycles. The average Bonchev–Trinajstić information content (AvgIpc) is 2.59. The summed E-state index contributed by atoms with van der Waals surface area (Å²) in [6.45, 7) is 1.84. The first-order valence-corrected chi connectivity index (χ1v) is 10.6. The maximum absolute atomic E-state index is 13.1. The number of benzene rings is 1. The first-order chi connectivity index (χ1) is 14.5. The molecule has 14 heteroatoms.